The molecule has 0 unspecified atom stereocenters. The first-order valence-electron chi connectivity index (χ1n) is 9.14. The van der Waals surface area contributed by atoms with E-state index in [9.17, 15) is 9.59 Å². The smallest absolute Gasteiger partial charge is 0.262 e. The van der Waals surface area contributed by atoms with Crippen molar-refractivity contribution in [2.75, 3.05) is 0 Å². The second-order valence-corrected chi connectivity index (χ2v) is 7.42. The van der Waals surface area contributed by atoms with Gasteiger partial charge in [-0.25, -0.2) is 4.98 Å². The summed E-state index contributed by atoms with van der Waals surface area (Å²) in [5.74, 6) is 0.862. The van der Waals surface area contributed by atoms with Crippen LogP contribution in [0.3, 0.4) is 0 Å². The molecule has 4 nitrogen and oxygen atoms in total. The van der Waals surface area contributed by atoms with Crippen molar-refractivity contribution in [3.05, 3.63) is 51.4 Å². The van der Waals surface area contributed by atoms with E-state index in [4.69, 9.17) is 4.98 Å². The van der Waals surface area contributed by atoms with Gasteiger partial charge in [0.25, 0.3) is 5.56 Å². The van der Waals surface area contributed by atoms with E-state index in [1.54, 1.807) is 11.5 Å². The van der Waals surface area contributed by atoms with Gasteiger partial charge in [-0.05, 0) is 30.9 Å². The summed E-state index contributed by atoms with van der Waals surface area (Å²) >= 11 is 1.51. The van der Waals surface area contributed by atoms with Crippen LogP contribution in [0.15, 0.2) is 34.4 Å². The molecule has 0 fully saturated rings. The first kappa shape index (κ1) is 18.5. The van der Waals surface area contributed by atoms with E-state index >= 15 is 0 Å². The van der Waals surface area contributed by atoms with Gasteiger partial charge in [0, 0.05) is 30.3 Å². The highest BCUT2D eigenvalue weighted by molar-refractivity contribution is 7.17. The zero-order valence-corrected chi connectivity index (χ0v) is 16.4. The molecule has 0 bridgehead atoms. The Morgan fingerprint density at radius 1 is 1.19 bits per heavy atom. The Morgan fingerprint density at radius 2 is 1.92 bits per heavy atom. The Kier molecular flexibility index (Phi) is 5.67. The van der Waals surface area contributed by atoms with E-state index in [0.29, 0.717) is 18.4 Å². The normalized spacial score (nSPS) is 11.2. The summed E-state index contributed by atoms with van der Waals surface area (Å²) in [7, 11) is 0. The van der Waals surface area contributed by atoms with E-state index in [1.165, 1.54) is 16.9 Å². The highest BCUT2D eigenvalue weighted by Gasteiger charge is 2.17. The number of rotatable bonds is 7. The standard InChI is InChI=1S/C21H24N2O2S/c1-4-6-18-22-20-19(21(25)23(18)12-11-14(3)24)17(13-26-20)16-9-7-15(5-2)8-10-16/h7-10,13H,4-6,11-12H2,1-3H3. The summed E-state index contributed by atoms with van der Waals surface area (Å²) in [5, 5.41) is 2.69. The van der Waals surface area contributed by atoms with Crippen molar-refractivity contribution < 1.29 is 4.79 Å². The fourth-order valence-electron chi connectivity index (χ4n) is 3.11. The van der Waals surface area contributed by atoms with Crippen molar-refractivity contribution in [2.45, 2.75) is 53.0 Å². The SMILES string of the molecule is CCCc1nc2scc(-c3ccc(CC)cc3)c2c(=O)n1CCC(C)=O. The third-order valence-electron chi connectivity index (χ3n) is 4.61. The molecule has 0 spiro atoms. The molecule has 2 aromatic heterocycles. The van der Waals surface area contributed by atoms with Crippen LogP contribution in [0, 0.1) is 0 Å². The number of nitrogens with zero attached hydrogens (tertiary/aromatic N) is 2. The molecule has 3 rings (SSSR count). The maximum absolute atomic E-state index is 13.2. The lowest BCUT2D eigenvalue weighted by Crippen LogP contribution is -2.26. The third-order valence-corrected chi connectivity index (χ3v) is 5.48. The molecule has 0 N–H and O–H groups in total. The van der Waals surface area contributed by atoms with Gasteiger partial charge in [-0.3, -0.25) is 14.2 Å². The van der Waals surface area contributed by atoms with Crippen molar-refractivity contribution >= 4 is 27.3 Å². The highest BCUT2D eigenvalue weighted by atomic mass is 32.1. The van der Waals surface area contributed by atoms with Gasteiger partial charge < -0.3 is 0 Å². The number of hydrogen-bond acceptors (Lipinski definition) is 4. The summed E-state index contributed by atoms with van der Waals surface area (Å²) in [4.78, 5) is 30.2. The number of carbonyl (C=O) groups excluding carboxylic acids is 1. The number of benzene rings is 1. The van der Waals surface area contributed by atoms with Gasteiger partial charge in [0.1, 0.15) is 16.4 Å². The van der Waals surface area contributed by atoms with Crippen molar-refractivity contribution in [1.29, 1.82) is 0 Å². The van der Waals surface area contributed by atoms with Crippen LogP contribution in [-0.2, 0) is 24.2 Å². The third kappa shape index (κ3) is 3.63. The molecular formula is C21H24N2O2S. The van der Waals surface area contributed by atoms with E-state index in [1.807, 2.05) is 5.38 Å². The second kappa shape index (κ2) is 7.96. The summed E-state index contributed by atoms with van der Waals surface area (Å²) in [6.07, 6.45) is 3.00. The van der Waals surface area contributed by atoms with E-state index in [2.05, 4.69) is 38.1 Å². The van der Waals surface area contributed by atoms with Crippen LogP contribution in [0.5, 0.6) is 0 Å². The van der Waals surface area contributed by atoms with Crippen molar-refractivity contribution in [3.63, 3.8) is 0 Å². The van der Waals surface area contributed by atoms with E-state index < -0.39 is 0 Å². The monoisotopic (exact) mass is 368 g/mol. The topological polar surface area (TPSA) is 52.0 Å². The Balaban J connectivity index is 2.16. The Morgan fingerprint density at radius 3 is 2.54 bits per heavy atom. The zero-order valence-electron chi connectivity index (χ0n) is 15.5. The number of hydrogen-bond donors (Lipinski definition) is 0. The Hall–Kier alpha value is -2.27. The van der Waals surface area contributed by atoms with Crippen LogP contribution in [0.1, 0.15) is 45.0 Å². The largest absolute Gasteiger partial charge is 0.300 e. The van der Waals surface area contributed by atoms with Crippen LogP contribution in [-0.4, -0.2) is 15.3 Å². The summed E-state index contributed by atoms with van der Waals surface area (Å²) in [6, 6.07) is 8.34. The molecule has 0 saturated carbocycles. The fraction of sp³-hybridized carbons (Fsp3) is 0.381. The second-order valence-electron chi connectivity index (χ2n) is 6.57. The van der Waals surface area contributed by atoms with Crippen LogP contribution >= 0.6 is 11.3 Å². The average molecular weight is 369 g/mol. The minimum absolute atomic E-state index is 0.0319. The molecule has 5 heteroatoms. The van der Waals surface area contributed by atoms with Gasteiger partial charge in [0.15, 0.2) is 0 Å². The maximum atomic E-state index is 13.2. The zero-order chi connectivity index (χ0) is 18.7. The molecule has 0 aliphatic carbocycles. The van der Waals surface area contributed by atoms with Crippen LogP contribution < -0.4 is 5.56 Å². The van der Waals surface area contributed by atoms with Gasteiger partial charge in [-0.2, -0.15) is 0 Å². The fourth-order valence-corrected chi connectivity index (χ4v) is 4.07. The summed E-state index contributed by atoms with van der Waals surface area (Å²) in [6.45, 7) is 6.15. The highest BCUT2D eigenvalue weighted by Crippen LogP contribution is 2.31. The lowest BCUT2D eigenvalue weighted by molar-refractivity contribution is -0.117. The van der Waals surface area contributed by atoms with Gasteiger partial charge in [-0.1, -0.05) is 38.1 Å². The predicted octanol–water partition coefficient (Wildman–Crippen LogP) is 4.62. The Bertz CT molecular complexity index is 984. The Labute approximate surface area is 157 Å². The number of fused-ring (bicyclic) bond motifs is 1. The number of ketones is 1. The summed E-state index contributed by atoms with van der Waals surface area (Å²) < 4.78 is 1.70. The molecule has 0 aliphatic rings. The molecule has 0 saturated heterocycles. The minimum atomic E-state index is -0.0319. The number of aryl methyl sites for hydroxylation is 2. The predicted molar refractivity (Wildman–Crippen MR) is 108 cm³/mol. The van der Waals surface area contributed by atoms with E-state index in [0.717, 1.165) is 41.0 Å². The van der Waals surface area contributed by atoms with Crippen molar-refractivity contribution in [3.8, 4) is 11.1 Å². The first-order valence-corrected chi connectivity index (χ1v) is 10.0. The minimum Gasteiger partial charge on any atom is -0.300 e. The number of carbonyl (C=O) groups is 1. The van der Waals surface area contributed by atoms with Crippen LogP contribution in [0.2, 0.25) is 0 Å². The van der Waals surface area contributed by atoms with Gasteiger partial charge in [0.2, 0.25) is 0 Å². The number of aromatic nitrogens is 2. The van der Waals surface area contributed by atoms with Gasteiger partial charge in [0.05, 0.1) is 5.39 Å². The van der Waals surface area contributed by atoms with Crippen molar-refractivity contribution in [2.24, 2.45) is 0 Å². The quantitative estimate of drug-likeness (QED) is 0.611. The summed E-state index contributed by atoms with van der Waals surface area (Å²) in [5.41, 5.74) is 3.21. The number of Topliss-reactive ketones (excluding diaryl/α,β-unsaturated/α-hetero) is 1. The van der Waals surface area contributed by atoms with Crippen LogP contribution in [0.25, 0.3) is 21.3 Å². The molecule has 136 valence electrons. The molecule has 0 amide bonds. The lowest BCUT2D eigenvalue weighted by atomic mass is 10.0. The molecular weight excluding hydrogens is 344 g/mol. The van der Waals surface area contributed by atoms with Gasteiger partial charge >= 0.3 is 0 Å². The lowest BCUT2D eigenvalue weighted by Gasteiger charge is -2.12. The average Bonchev–Trinajstić information content (AvgIpc) is 3.05. The molecule has 26 heavy (non-hydrogen) atoms. The molecule has 1 aromatic carbocycles. The first-order chi connectivity index (χ1) is 12.5. The molecule has 0 radical (unpaired) electrons. The van der Waals surface area contributed by atoms with Crippen molar-refractivity contribution in [1.82, 2.24) is 9.55 Å². The molecule has 3 aromatic rings. The maximum Gasteiger partial charge on any atom is 0.262 e. The van der Waals surface area contributed by atoms with Crippen LogP contribution in [0.4, 0.5) is 0 Å². The molecule has 0 atom stereocenters. The van der Waals surface area contributed by atoms with Gasteiger partial charge in [-0.15, -0.1) is 11.3 Å². The molecule has 2 heterocycles. The molecule has 0 aliphatic heterocycles. The van der Waals surface area contributed by atoms with E-state index in [-0.39, 0.29) is 11.3 Å². The number of thiophene rings is 1.